The maximum Gasteiger partial charge on any atom is 0.389 e. The van der Waals surface area contributed by atoms with Crippen molar-refractivity contribution in [3.63, 3.8) is 0 Å². The Labute approximate surface area is 152 Å². The van der Waals surface area contributed by atoms with E-state index in [-0.39, 0.29) is 37.3 Å². The molecular formula is C15H22Cl3F3N2. The molecule has 1 aliphatic heterocycles. The molecule has 0 aliphatic carbocycles. The molecule has 1 N–H and O–H groups in total. The number of hydrogen-bond acceptors (Lipinski definition) is 2. The Morgan fingerprint density at radius 3 is 2.35 bits per heavy atom. The minimum atomic E-state index is -4.12. The Hall–Kier alpha value is -0.200. The highest BCUT2D eigenvalue weighted by atomic mass is 35.5. The van der Waals surface area contributed by atoms with Gasteiger partial charge < -0.3 is 5.32 Å². The van der Waals surface area contributed by atoms with Crippen molar-refractivity contribution in [1.29, 1.82) is 0 Å². The molecular weight excluding hydrogens is 372 g/mol. The van der Waals surface area contributed by atoms with Gasteiger partial charge in [0, 0.05) is 43.7 Å². The molecule has 134 valence electrons. The van der Waals surface area contributed by atoms with Crippen molar-refractivity contribution in [1.82, 2.24) is 10.2 Å². The van der Waals surface area contributed by atoms with Gasteiger partial charge in [-0.15, -0.1) is 24.8 Å². The maximum atomic E-state index is 12.6. The van der Waals surface area contributed by atoms with Crippen LogP contribution in [0.4, 0.5) is 13.2 Å². The molecule has 8 heteroatoms. The summed E-state index contributed by atoms with van der Waals surface area (Å²) < 4.78 is 37.8. The van der Waals surface area contributed by atoms with Gasteiger partial charge in [-0.1, -0.05) is 23.7 Å². The SMILES string of the molecule is Cc1ccc([C@H](CCC(F)(F)F)N2CCNCC2)cc1Cl.Cl.Cl. The average Bonchev–Trinajstić information content (AvgIpc) is 2.43. The second-order valence-corrected chi connectivity index (χ2v) is 5.87. The Morgan fingerprint density at radius 2 is 1.83 bits per heavy atom. The largest absolute Gasteiger partial charge is 0.389 e. The van der Waals surface area contributed by atoms with E-state index in [2.05, 4.69) is 10.2 Å². The number of aryl methyl sites for hydroxylation is 1. The Balaban J connectivity index is 0.00000242. The normalized spacial score (nSPS) is 17.1. The molecule has 0 bridgehead atoms. The van der Waals surface area contributed by atoms with Crippen molar-refractivity contribution in [3.05, 3.63) is 34.3 Å². The molecule has 0 radical (unpaired) electrons. The molecule has 1 aliphatic rings. The van der Waals surface area contributed by atoms with E-state index in [1.54, 1.807) is 6.07 Å². The van der Waals surface area contributed by atoms with E-state index in [9.17, 15) is 13.2 Å². The minimum Gasteiger partial charge on any atom is -0.314 e. The lowest BCUT2D eigenvalue weighted by molar-refractivity contribution is -0.138. The van der Waals surface area contributed by atoms with Crippen LogP contribution in [-0.2, 0) is 0 Å². The number of rotatable bonds is 4. The first-order valence-corrected chi connectivity index (χ1v) is 7.52. The van der Waals surface area contributed by atoms with Crippen LogP contribution in [0, 0.1) is 6.92 Å². The van der Waals surface area contributed by atoms with Gasteiger partial charge in [0.05, 0.1) is 0 Å². The fourth-order valence-corrected chi connectivity index (χ4v) is 2.86. The molecule has 0 aromatic heterocycles. The number of benzene rings is 1. The summed E-state index contributed by atoms with van der Waals surface area (Å²) in [5, 5.41) is 3.83. The van der Waals surface area contributed by atoms with Crippen LogP contribution in [0.5, 0.6) is 0 Å². The molecule has 0 amide bonds. The number of piperazine rings is 1. The smallest absolute Gasteiger partial charge is 0.314 e. The van der Waals surface area contributed by atoms with Crippen LogP contribution in [0.1, 0.15) is 30.0 Å². The monoisotopic (exact) mass is 392 g/mol. The molecule has 1 heterocycles. The van der Waals surface area contributed by atoms with Crippen molar-refractivity contribution in [3.8, 4) is 0 Å². The van der Waals surface area contributed by atoms with Crippen molar-refractivity contribution in [2.45, 2.75) is 32.0 Å². The minimum absolute atomic E-state index is 0. The van der Waals surface area contributed by atoms with Crippen LogP contribution in [0.25, 0.3) is 0 Å². The van der Waals surface area contributed by atoms with Gasteiger partial charge >= 0.3 is 6.18 Å². The third kappa shape index (κ3) is 7.06. The number of alkyl halides is 3. The van der Waals surface area contributed by atoms with Crippen LogP contribution in [0.3, 0.4) is 0 Å². The molecule has 1 saturated heterocycles. The van der Waals surface area contributed by atoms with Gasteiger partial charge in [0.2, 0.25) is 0 Å². The van der Waals surface area contributed by atoms with Gasteiger partial charge in [0.15, 0.2) is 0 Å². The van der Waals surface area contributed by atoms with E-state index in [4.69, 9.17) is 11.6 Å². The highest BCUT2D eigenvalue weighted by Gasteiger charge is 2.31. The van der Waals surface area contributed by atoms with E-state index in [1.165, 1.54) is 0 Å². The summed E-state index contributed by atoms with van der Waals surface area (Å²) >= 11 is 6.13. The number of nitrogens with one attached hydrogen (secondary N) is 1. The molecule has 1 fully saturated rings. The molecule has 1 aromatic carbocycles. The summed E-state index contributed by atoms with van der Waals surface area (Å²) in [6, 6.07) is 5.34. The first-order chi connectivity index (χ1) is 9.87. The summed E-state index contributed by atoms with van der Waals surface area (Å²) in [4.78, 5) is 2.11. The van der Waals surface area contributed by atoms with Crippen LogP contribution in [0.2, 0.25) is 5.02 Å². The Kier molecular flexibility index (Phi) is 9.86. The lowest BCUT2D eigenvalue weighted by atomic mass is 9.98. The van der Waals surface area contributed by atoms with E-state index in [1.807, 2.05) is 19.1 Å². The summed E-state index contributed by atoms with van der Waals surface area (Å²) in [5.41, 5.74) is 1.81. The lowest BCUT2D eigenvalue weighted by Gasteiger charge is -2.35. The van der Waals surface area contributed by atoms with E-state index in [0.29, 0.717) is 5.02 Å². The van der Waals surface area contributed by atoms with E-state index in [0.717, 1.165) is 37.3 Å². The van der Waals surface area contributed by atoms with Gasteiger partial charge in [-0.25, -0.2) is 0 Å². The van der Waals surface area contributed by atoms with Crippen LogP contribution in [-0.4, -0.2) is 37.3 Å². The summed E-state index contributed by atoms with van der Waals surface area (Å²) in [6.45, 7) is 5.02. The summed E-state index contributed by atoms with van der Waals surface area (Å²) in [6.07, 6.45) is -4.82. The van der Waals surface area contributed by atoms with Crippen molar-refractivity contribution in [2.24, 2.45) is 0 Å². The fourth-order valence-electron chi connectivity index (χ4n) is 2.67. The molecule has 23 heavy (non-hydrogen) atoms. The highest BCUT2D eigenvalue weighted by molar-refractivity contribution is 6.31. The van der Waals surface area contributed by atoms with Crippen LogP contribution < -0.4 is 5.32 Å². The molecule has 0 unspecified atom stereocenters. The predicted octanol–water partition coefficient (Wildman–Crippen LogP) is 4.78. The molecule has 0 saturated carbocycles. The third-order valence-electron chi connectivity index (χ3n) is 3.87. The van der Waals surface area contributed by atoms with Gasteiger partial charge in [-0.3, -0.25) is 4.90 Å². The van der Waals surface area contributed by atoms with Crippen molar-refractivity contribution < 1.29 is 13.2 Å². The van der Waals surface area contributed by atoms with Crippen molar-refractivity contribution >= 4 is 36.4 Å². The highest BCUT2D eigenvalue weighted by Crippen LogP contribution is 2.33. The molecule has 1 aromatic rings. The summed E-state index contributed by atoms with van der Waals surface area (Å²) in [5.74, 6) is 0. The number of halogens is 6. The third-order valence-corrected chi connectivity index (χ3v) is 4.28. The quantitative estimate of drug-likeness (QED) is 0.792. The maximum absolute atomic E-state index is 12.6. The zero-order valence-electron chi connectivity index (χ0n) is 12.8. The topological polar surface area (TPSA) is 15.3 Å². The van der Waals surface area contributed by atoms with Gasteiger partial charge in [0.1, 0.15) is 0 Å². The standard InChI is InChI=1S/C15H20ClF3N2.2ClH/c1-11-2-3-12(10-13(11)16)14(4-5-15(17,18)19)21-8-6-20-7-9-21;;/h2-3,10,14,20H,4-9H2,1H3;2*1H/t14-;;/m0../s1. The second kappa shape index (κ2) is 9.94. The molecule has 0 spiro atoms. The lowest BCUT2D eigenvalue weighted by Crippen LogP contribution is -2.45. The first-order valence-electron chi connectivity index (χ1n) is 7.14. The van der Waals surface area contributed by atoms with Crippen molar-refractivity contribution in [2.75, 3.05) is 26.2 Å². The molecule has 2 rings (SSSR count). The van der Waals surface area contributed by atoms with Gasteiger partial charge in [0.25, 0.3) is 0 Å². The van der Waals surface area contributed by atoms with E-state index < -0.39 is 12.6 Å². The average molecular weight is 394 g/mol. The Morgan fingerprint density at radius 1 is 1.22 bits per heavy atom. The number of hydrogen-bond donors (Lipinski definition) is 1. The molecule has 2 nitrogen and oxygen atoms in total. The zero-order valence-corrected chi connectivity index (χ0v) is 15.2. The zero-order chi connectivity index (χ0) is 15.5. The Bertz CT molecular complexity index is 478. The van der Waals surface area contributed by atoms with Gasteiger partial charge in [-0.05, 0) is 30.5 Å². The van der Waals surface area contributed by atoms with E-state index >= 15 is 0 Å². The number of nitrogens with zero attached hydrogens (tertiary/aromatic N) is 1. The summed E-state index contributed by atoms with van der Waals surface area (Å²) in [7, 11) is 0. The second-order valence-electron chi connectivity index (χ2n) is 5.46. The van der Waals surface area contributed by atoms with Gasteiger partial charge in [-0.2, -0.15) is 13.2 Å². The first kappa shape index (κ1) is 22.8. The van der Waals surface area contributed by atoms with Crippen LogP contribution >= 0.6 is 36.4 Å². The predicted molar refractivity (Wildman–Crippen MR) is 93.2 cm³/mol. The van der Waals surface area contributed by atoms with Crippen LogP contribution in [0.15, 0.2) is 18.2 Å². The fraction of sp³-hybridized carbons (Fsp3) is 0.600. The molecule has 1 atom stereocenters.